The first-order valence-corrected chi connectivity index (χ1v) is 12.2. The van der Waals surface area contributed by atoms with E-state index in [9.17, 15) is 18.4 Å². The van der Waals surface area contributed by atoms with E-state index in [0.29, 0.717) is 5.56 Å². The van der Waals surface area contributed by atoms with Gasteiger partial charge in [-0.2, -0.15) is 0 Å². The van der Waals surface area contributed by atoms with Gasteiger partial charge in [-0.15, -0.1) is 0 Å². The highest BCUT2D eigenvalue weighted by Gasteiger charge is 2.45. The first kappa shape index (κ1) is 28.1. The molecule has 0 fully saturated rings. The Hall–Kier alpha value is -1.98. The van der Waals surface area contributed by atoms with Crippen molar-refractivity contribution < 1.29 is 27.8 Å². The summed E-state index contributed by atoms with van der Waals surface area (Å²) in [4.78, 5) is 25.4. The van der Waals surface area contributed by atoms with Gasteiger partial charge in [-0.25, -0.2) is 8.78 Å². The van der Waals surface area contributed by atoms with Crippen LogP contribution in [0.5, 0.6) is 0 Å². The van der Waals surface area contributed by atoms with E-state index in [1.54, 1.807) is 13.8 Å². The molecule has 0 saturated carbocycles. The van der Waals surface area contributed by atoms with Crippen LogP contribution >= 0.6 is 0 Å². The third-order valence-corrected chi connectivity index (χ3v) is 6.07. The van der Waals surface area contributed by atoms with Gasteiger partial charge in [0.2, 0.25) is 0 Å². The van der Waals surface area contributed by atoms with Gasteiger partial charge in [-0.3, -0.25) is 9.59 Å². The zero-order valence-corrected chi connectivity index (χ0v) is 20.0. The number of esters is 2. The molecular formula is C26H40F2O4. The van der Waals surface area contributed by atoms with E-state index in [1.165, 1.54) is 51.0 Å². The maximum atomic E-state index is 13.3. The standard InChI is InChI=1S/C26H40F2O4/c1-4-7-8-9-10-11-12-13-14-15-18-31-24(29)26(5-2,6-3)25(30)32-20-21-16-17-22(27)23(28)19-21/h16-17,19H,4-15,18,20H2,1-3H3. The number of unbranched alkanes of at least 4 members (excludes halogenated alkanes) is 9. The molecule has 6 heteroatoms. The van der Waals surface area contributed by atoms with Crippen molar-refractivity contribution in [3.8, 4) is 0 Å². The van der Waals surface area contributed by atoms with Crippen LogP contribution in [-0.2, 0) is 25.7 Å². The molecule has 0 bridgehead atoms. The summed E-state index contributed by atoms with van der Waals surface area (Å²) in [6.45, 7) is 5.75. The predicted molar refractivity (Wildman–Crippen MR) is 122 cm³/mol. The topological polar surface area (TPSA) is 52.6 Å². The van der Waals surface area contributed by atoms with E-state index in [0.717, 1.165) is 31.4 Å². The smallest absolute Gasteiger partial charge is 0.323 e. The fourth-order valence-electron chi connectivity index (χ4n) is 3.72. The third kappa shape index (κ3) is 9.25. The molecule has 0 spiro atoms. The van der Waals surface area contributed by atoms with Crippen LogP contribution in [0.2, 0.25) is 0 Å². The highest BCUT2D eigenvalue weighted by atomic mass is 19.2. The van der Waals surface area contributed by atoms with Crippen LogP contribution in [0.15, 0.2) is 18.2 Å². The second kappa shape index (κ2) is 15.8. The molecule has 182 valence electrons. The number of halogens is 2. The number of hydrogen-bond donors (Lipinski definition) is 0. The lowest BCUT2D eigenvalue weighted by Crippen LogP contribution is -2.41. The maximum absolute atomic E-state index is 13.3. The number of benzene rings is 1. The van der Waals surface area contributed by atoms with Gasteiger partial charge in [0.15, 0.2) is 17.0 Å². The lowest BCUT2D eigenvalue weighted by atomic mass is 9.82. The Labute approximate surface area is 192 Å². The first-order chi connectivity index (χ1) is 15.4. The highest BCUT2D eigenvalue weighted by molar-refractivity contribution is 5.99. The fraction of sp³-hybridized carbons (Fsp3) is 0.692. The van der Waals surface area contributed by atoms with Gasteiger partial charge >= 0.3 is 11.9 Å². The molecule has 4 nitrogen and oxygen atoms in total. The molecule has 0 aliphatic carbocycles. The average Bonchev–Trinajstić information content (AvgIpc) is 2.79. The van der Waals surface area contributed by atoms with Gasteiger partial charge in [0.1, 0.15) is 6.61 Å². The van der Waals surface area contributed by atoms with Crippen LogP contribution in [0.25, 0.3) is 0 Å². The zero-order chi connectivity index (χ0) is 23.8. The largest absolute Gasteiger partial charge is 0.465 e. The Bertz CT molecular complexity index is 686. The maximum Gasteiger partial charge on any atom is 0.323 e. The summed E-state index contributed by atoms with van der Waals surface area (Å²) >= 11 is 0. The van der Waals surface area contributed by atoms with E-state index in [-0.39, 0.29) is 26.1 Å². The van der Waals surface area contributed by atoms with Crippen molar-refractivity contribution in [3.63, 3.8) is 0 Å². The van der Waals surface area contributed by atoms with Crippen molar-refractivity contribution in [2.75, 3.05) is 6.61 Å². The van der Waals surface area contributed by atoms with E-state index in [4.69, 9.17) is 9.47 Å². The van der Waals surface area contributed by atoms with Gasteiger partial charge in [-0.1, -0.05) is 84.6 Å². The molecule has 0 aromatic heterocycles. The van der Waals surface area contributed by atoms with Crippen LogP contribution in [0.1, 0.15) is 103 Å². The third-order valence-electron chi connectivity index (χ3n) is 6.07. The summed E-state index contributed by atoms with van der Waals surface area (Å²) in [7, 11) is 0. The summed E-state index contributed by atoms with van der Waals surface area (Å²) in [6.07, 6.45) is 12.3. The second-order valence-electron chi connectivity index (χ2n) is 8.43. The lowest BCUT2D eigenvalue weighted by molar-refractivity contribution is -0.174. The molecule has 0 radical (unpaired) electrons. The molecule has 0 heterocycles. The number of hydrogen-bond acceptors (Lipinski definition) is 4. The molecule has 0 unspecified atom stereocenters. The van der Waals surface area contributed by atoms with Gasteiger partial charge in [0, 0.05) is 0 Å². The summed E-state index contributed by atoms with van der Waals surface area (Å²) < 4.78 is 37.1. The number of rotatable bonds is 17. The molecular weight excluding hydrogens is 414 g/mol. The lowest BCUT2D eigenvalue weighted by Gasteiger charge is -2.27. The average molecular weight is 455 g/mol. The minimum atomic E-state index is -1.38. The zero-order valence-electron chi connectivity index (χ0n) is 20.0. The summed E-state index contributed by atoms with van der Waals surface area (Å²) in [6, 6.07) is 3.30. The van der Waals surface area contributed by atoms with Crippen LogP contribution in [0.3, 0.4) is 0 Å². The van der Waals surface area contributed by atoms with Crippen LogP contribution < -0.4 is 0 Å². The molecule has 0 saturated heterocycles. The second-order valence-corrected chi connectivity index (χ2v) is 8.43. The number of ether oxygens (including phenoxy) is 2. The van der Waals surface area contributed by atoms with Crippen molar-refractivity contribution in [2.24, 2.45) is 5.41 Å². The van der Waals surface area contributed by atoms with Crippen LogP contribution in [-0.4, -0.2) is 18.5 Å². The molecule has 0 aliphatic heterocycles. The Morgan fingerprint density at radius 2 is 1.28 bits per heavy atom. The minimum Gasteiger partial charge on any atom is -0.465 e. The molecule has 1 rings (SSSR count). The molecule has 0 aliphatic rings. The van der Waals surface area contributed by atoms with Gasteiger partial charge in [0.05, 0.1) is 6.61 Å². The summed E-state index contributed by atoms with van der Waals surface area (Å²) in [5.74, 6) is -3.24. The SMILES string of the molecule is CCCCCCCCCCCCOC(=O)C(CC)(CC)C(=O)OCc1ccc(F)c(F)c1. The van der Waals surface area contributed by atoms with Gasteiger partial charge in [-0.05, 0) is 37.0 Å². The van der Waals surface area contributed by atoms with E-state index < -0.39 is 29.0 Å². The molecule has 32 heavy (non-hydrogen) atoms. The highest BCUT2D eigenvalue weighted by Crippen LogP contribution is 2.31. The number of carbonyl (C=O) groups excluding carboxylic acids is 2. The molecule has 1 aromatic rings. The first-order valence-electron chi connectivity index (χ1n) is 12.2. The Balaban J connectivity index is 2.37. The summed E-state index contributed by atoms with van der Waals surface area (Å²) in [5, 5.41) is 0. The van der Waals surface area contributed by atoms with Crippen molar-refractivity contribution in [2.45, 2.75) is 104 Å². The van der Waals surface area contributed by atoms with Crippen molar-refractivity contribution >= 4 is 11.9 Å². The van der Waals surface area contributed by atoms with Crippen molar-refractivity contribution in [3.05, 3.63) is 35.4 Å². The van der Waals surface area contributed by atoms with E-state index in [2.05, 4.69) is 6.92 Å². The van der Waals surface area contributed by atoms with E-state index >= 15 is 0 Å². The normalized spacial score (nSPS) is 11.4. The van der Waals surface area contributed by atoms with Gasteiger partial charge in [0.25, 0.3) is 0 Å². The molecule has 0 N–H and O–H groups in total. The van der Waals surface area contributed by atoms with Crippen molar-refractivity contribution in [1.82, 2.24) is 0 Å². The summed E-state index contributed by atoms with van der Waals surface area (Å²) in [5.41, 5.74) is -1.06. The van der Waals surface area contributed by atoms with E-state index in [1.807, 2.05) is 0 Å². The Morgan fingerprint density at radius 1 is 0.750 bits per heavy atom. The minimum absolute atomic E-state index is 0.233. The van der Waals surface area contributed by atoms with Crippen LogP contribution in [0, 0.1) is 17.0 Å². The van der Waals surface area contributed by atoms with Crippen molar-refractivity contribution in [1.29, 1.82) is 0 Å². The Kier molecular flexibility index (Phi) is 13.8. The molecule has 0 amide bonds. The number of carbonyl (C=O) groups is 2. The van der Waals surface area contributed by atoms with Gasteiger partial charge < -0.3 is 9.47 Å². The monoisotopic (exact) mass is 454 g/mol. The quantitative estimate of drug-likeness (QED) is 0.141. The molecule has 0 atom stereocenters. The molecule has 1 aromatic carbocycles. The van der Waals surface area contributed by atoms with Crippen LogP contribution in [0.4, 0.5) is 8.78 Å². The Morgan fingerprint density at radius 3 is 1.81 bits per heavy atom. The predicted octanol–water partition coefficient (Wildman–Crippen LogP) is 7.28. The fourth-order valence-corrected chi connectivity index (χ4v) is 3.72.